The van der Waals surface area contributed by atoms with Crippen LogP contribution in [0.25, 0.3) is 0 Å². The molecular formula is C11H14F2N2. The van der Waals surface area contributed by atoms with E-state index in [4.69, 9.17) is 5.73 Å². The molecule has 0 heterocycles. The smallest absolute Gasteiger partial charge is 0.128 e. The highest BCUT2D eigenvalue weighted by Gasteiger charge is 2.13. The number of benzene rings is 1. The summed E-state index contributed by atoms with van der Waals surface area (Å²) in [5.74, 6) is -0.923. The Labute approximate surface area is 87.8 Å². The lowest BCUT2D eigenvalue weighted by Gasteiger charge is -2.16. The zero-order chi connectivity index (χ0) is 11.3. The number of nitrogens with one attached hydrogen (secondary N) is 1. The van der Waals surface area contributed by atoms with E-state index in [1.807, 2.05) is 0 Å². The van der Waals surface area contributed by atoms with Crippen molar-refractivity contribution in [2.45, 2.75) is 6.04 Å². The molecule has 1 atom stereocenters. The third kappa shape index (κ3) is 3.11. The standard InChI is InChI=1S/C11H14F2N2/c1-2-5-15-11(7-14)9-6-8(12)3-4-10(9)13/h2-4,6,11,15H,1,5,7,14H2. The largest absolute Gasteiger partial charge is 0.329 e. The fraction of sp³-hybridized carbons (Fsp3) is 0.273. The summed E-state index contributed by atoms with van der Waals surface area (Å²) in [6, 6.07) is 2.95. The van der Waals surface area contributed by atoms with Gasteiger partial charge in [-0.1, -0.05) is 6.08 Å². The fourth-order valence-electron chi connectivity index (χ4n) is 1.33. The van der Waals surface area contributed by atoms with Crippen LogP contribution in [0.3, 0.4) is 0 Å². The van der Waals surface area contributed by atoms with Crippen LogP contribution >= 0.6 is 0 Å². The van der Waals surface area contributed by atoms with E-state index in [0.717, 1.165) is 18.2 Å². The van der Waals surface area contributed by atoms with Crippen molar-refractivity contribution in [3.63, 3.8) is 0 Å². The molecule has 15 heavy (non-hydrogen) atoms. The fourth-order valence-corrected chi connectivity index (χ4v) is 1.33. The Morgan fingerprint density at radius 3 is 2.80 bits per heavy atom. The molecule has 1 unspecified atom stereocenters. The van der Waals surface area contributed by atoms with Crippen molar-refractivity contribution >= 4 is 0 Å². The maximum atomic E-state index is 13.3. The van der Waals surface area contributed by atoms with Crippen LogP contribution in [0.4, 0.5) is 8.78 Å². The topological polar surface area (TPSA) is 38.0 Å². The van der Waals surface area contributed by atoms with Gasteiger partial charge in [-0.2, -0.15) is 0 Å². The van der Waals surface area contributed by atoms with E-state index in [1.54, 1.807) is 6.08 Å². The molecular weight excluding hydrogens is 198 g/mol. The molecule has 0 amide bonds. The second-order valence-corrected chi connectivity index (χ2v) is 3.15. The highest BCUT2D eigenvalue weighted by Crippen LogP contribution is 2.17. The summed E-state index contributed by atoms with van der Waals surface area (Å²) in [6.07, 6.45) is 1.64. The lowest BCUT2D eigenvalue weighted by atomic mass is 10.1. The van der Waals surface area contributed by atoms with Crippen molar-refractivity contribution in [3.8, 4) is 0 Å². The number of hydrogen-bond acceptors (Lipinski definition) is 2. The minimum atomic E-state index is -0.467. The predicted octanol–water partition coefficient (Wildman–Crippen LogP) is 1.74. The molecule has 0 aromatic heterocycles. The lowest BCUT2D eigenvalue weighted by molar-refractivity contribution is 0.518. The summed E-state index contributed by atoms with van der Waals surface area (Å²) in [6.45, 7) is 4.23. The molecule has 0 saturated carbocycles. The highest BCUT2D eigenvalue weighted by molar-refractivity contribution is 5.22. The van der Waals surface area contributed by atoms with Gasteiger partial charge in [-0.3, -0.25) is 0 Å². The van der Waals surface area contributed by atoms with Gasteiger partial charge in [-0.15, -0.1) is 6.58 Å². The Bertz CT molecular complexity index is 339. The van der Waals surface area contributed by atoms with Crippen LogP contribution in [0, 0.1) is 11.6 Å². The lowest BCUT2D eigenvalue weighted by Crippen LogP contribution is -2.29. The summed E-state index contributed by atoms with van der Waals surface area (Å²) >= 11 is 0. The number of nitrogens with two attached hydrogens (primary N) is 1. The predicted molar refractivity (Wildman–Crippen MR) is 56.4 cm³/mol. The van der Waals surface area contributed by atoms with Crippen LogP contribution in [0.2, 0.25) is 0 Å². The molecule has 3 N–H and O–H groups in total. The molecule has 1 aromatic rings. The van der Waals surface area contributed by atoms with Gasteiger partial charge in [0, 0.05) is 24.7 Å². The first-order valence-corrected chi connectivity index (χ1v) is 4.68. The molecule has 0 radical (unpaired) electrons. The minimum Gasteiger partial charge on any atom is -0.329 e. The second kappa shape index (κ2) is 5.58. The molecule has 0 saturated heterocycles. The van der Waals surface area contributed by atoms with Crippen LogP contribution in [-0.4, -0.2) is 13.1 Å². The normalized spacial score (nSPS) is 12.5. The van der Waals surface area contributed by atoms with Gasteiger partial charge in [-0.05, 0) is 18.2 Å². The summed E-state index contributed by atoms with van der Waals surface area (Å²) in [5.41, 5.74) is 5.73. The molecule has 0 aliphatic heterocycles. The number of hydrogen-bond donors (Lipinski definition) is 2. The summed E-state index contributed by atoms with van der Waals surface area (Å²) in [7, 11) is 0. The van der Waals surface area contributed by atoms with Crippen LogP contribution in [0.1, 0.15) is 11.6 Å². The monoisotopic (exact) mass is 212 g/mol. The van der Waals surface area contributed by atoms with Crippen molar-refractivity contribution in [1.82, 2.24) is 5.32 Å². The van der Waals surface area contributed by atoms with Crippen LogP contribution in [-0.2, 0) is 0 Å². The van der Waals surface area contributed by atoms with E-state index in [2.05, 4.69) is 11.9 Å². The molecule has 0 bridgehead atoms. The quantitative estimate of drug-likeness (QED) is 0.729. The van der Waals surface area contributed by atoms with Crippen molar-refractivity contribution < 1.29 is 8.78 Å². The first kappa shape index (κ1) is 11.8. The van der Waals surface area contributed by atoms with Gasteiger partial charge in [0.15, 0.2) is 0 Å². The maximum absolute atomic E-state index is 13.3. The average Bonchev–Trinajstić information content (AvgIpc) is 2.24. The van der Waals surface area contributed by atoms with Gasteiger partial charge in [0.25, 0.3) is 0 Å². The first-order valence-electron chi connectivity index (χ1n) is 4.68. The van der Waals surface area contributed by atoms with Gasteiger partial charge in [0.05, 0.1) is 0 Å². The molecule has 4 heteroatoms. The van der Waals surface area contributed by atoms with E-state index >= 15 is 0 Å². The molecule has 82 valence electrons. The second-order valence-electron chi connectivity index (χ2n) is 3.15. The van der Waals surface area contributed by atoms with Crippen LogP contribution in [0.15, 0.2) is 30.9 Å². The minimum absolute atomic E-state index is 0.203. The van der Waals surface area contributed by atoms with Crippen molar-refractivity contribution in [2.24, 2.45) is 5.73 Å². The third-order valence-electron chi connectivity index (χ3n) is 2.08. The van der Waals surface area contributed by atoms with Crippen molar-refractivity contribution in [3.05, 3.63) is 48.1 Å². The van der Waals surface area contributed by atoms with Gasteiger partial charge in [0.2, 0.25) is 0 Å². The van der Waals surface area contributed by atoms with Crippen molar-refractivity contribution in [2.75, 3.05) is 13.1 Å². The zero-order valence-corrected chi connectivity index (χ0v) is 8.34. The number of rotatable bonds is 5. The average molecular weight is 212 g/mol. The molecule has 0 spiro atoms. The molecule has 0 aliphatic rings. The summed E-state index contributed by atoms with van der Waals surface area (Å²) < 4.78 is 26.3. The van der Waals surface area contributed by atoms with Gasteiger partial charge >= 0.3 is 0 Å². The Morgan fingerprint density at radius 1 is 1.47 bits per heavy atom. The first-order chi connectivity index (χ1) is 7.19. The van der Waals surface area contributed by atoms with Gasteiger partial charge < -0.3 is 11.1 Å². The molecule has 0 aliphatic carbocycles. The summed E-state index contributed by atoms with van der Waals surface area (Å²) in [5, 5.41) is 2.95. The molecule has 1 aromatic carbocycles. The van der Waals surface area contributed by atoms with Crippen LogP contribution < -0.4 is 11.1 Å². The Morgan fingerprint density at radius 2 is 2.20 bits per heavy atom. The maximum Gasteiger partial charge on any atom is 0.128 e. The third-order valence-corrected chi connectivity index (χ3v) is 2.08. The summed E-state index contributed by atoms with van der Waals surface area (Å²) in [4.78, 5) is 0. The Hall–Kier alpha value is -1.26. The van der Waals surface area contributed by atoms with Crippen LogP contribution in [0.5, 0.6) is 0 Å². The zero-order valence-electron chi connectivity index (χ0n) is 8.34. The molecule has 0 fully saturated rings. The van der Waals surface area contributed by atoms with Gasteiger partial charge in [-0.25, -0.2) is 8.78 Å². The van der Waals surface area contributed by atoms with E-state index in [9.17, 15) is 8.78 Å². The van der Waals surface area contributed by atoms with E-state index in [1.165, 1.54) is 0 Å². The van der Waals surface area contributed by atoms with Gasteiger partial charge in [0.1, 0.15) is 11.6 Å². The Balaban J connectivity index is 2.89. The van der Waals surface area contributed by atoms with E-state index in [0.29, 0.717) is 6.54 Å². The SMILES string of the molecule is C=CCNC(CN)c1cc(F)ccc1F. The highest BCUT2D eigenvalue weighted by atomic mass is 19.1. The van der Waals surface area contributed by atoms with E-state index < -0.39 is 17.7 Å². The van der Waals surface area contributed by atoms with Crippen molar-refractivity contribution in [1.29, 1.82) is 0 Å². The molecule has 2 nitrogen and oxygen atoms in total. The number of halogens is 2. The van der Waals surface area contributed by atoms with E-state index in [-0.39, 0.29) is 12.1 Å². The molecule has 1 rings (SSSR count). The Kier molecular flexibility index (Phi) is 4.39.